The maximum atomic E-state index is 15.5. The molecule has 14 nitrogen and oxygen atoms in total. The first-order valence-corrected chi connectivity index (χ1v) is 20.1. The summed E-state index contributed by atoms with van der Waals surface area (Å²) in [6.07, 6.45) is 0.635. The van der Waals surface area contributed by atoms with Gasteiger partial charge >= 0.3 is 0 Å². The molecule has 1 atom stereocenters. The van der Waals surface area contributed by atoms with E-state index in [4.69, 9.17) is 19.2 Å². The second kappa shape index (κ2) is 16.4. The van der Waals surface area contributed by atoms with E-state index in [-0.39, 0.29) is 35.9 Å². The fourth-order valence-corrected chi connectivity index (χ4v) is 9.05. The van der Waals surface area contributed by atoms with Crippen LogP contribution in [0.1, 0.15) is 29.4 Å². The van der Waals surface area contributed by atoms with Crippen LogP contribution in [-0.4, -0.2) is 73.0 Å². The molecule has 0 fully saturated rings. The number of fused-ring (bicyclic) bond motifs is 1. The lowest BCUT2D eigenvalue weighted by atomic mass is 9.98. The summed E-state index contributed by atoms with van der Waals surface area (Å²) in [7, 11) is 0.0166. The second-order valence-electron chi connectivity index (χ2n) is 12.8. The van der Waals surface area contributed by atoms with Gasteiger partial charge in [-0.2, -0.15) is 9.10 Å². The third kappa shape index (κ3) is 7.90. The Bertz CT molecular complexity index is 2560. The second-order valence-corrected chi connectivity index (χ2v) is 15.6. The van der Waals surface area contributed by atoms with Crippen molar-refractivity contribution >= 4 is 32.1 Å². The fourth-order valence-electron chi connectivity index (χ4n) is 6.40. The van der Waals surface area contributed by atoms with Gasteiger partial charge in [0.2, 0.25) is 15.8 Å². The molecule has 0 aliphatic heterocycles. The number of para-hydroxylation sites is 1. The molecule has 0 saturated heterocycles. The molecule has 2 heterocycles. The number of hydrogen-bond donors (Lipinski definition) is 2. The van der Waals surface area contributed by atoms with Gasteiger partial charge in [-0.25, -0.2) is 17.6 Å². The number of methoxy groups -OCH3 is 3. The molecule has 0 spiro atoms. The minimum atomic E-state index is -4.67. The zero-order chi connectivity index (χ0) is 39.4. The number of aromatic nitrogens is 6. The van der Waals surface area contributed by atoms with Crippen LogP contribution in [0.4, 0.5) is 0 Å². The van der Waals surface area contributed by atoms with Crippen LogP contribution < -0.4 is 14.2 Å². The Morgan fingerprint density at radius 2 is 1.34 bits per heavy atom. The van der Waals surface area contributed by atoms with Crippen LogP contribution in [0.3, 0.4) is 0 Å². The van der Waals surface area contributed by atoms with Gasteiger partial charge in [0, 0.05) is 25.1 Å². The van der Waals surface area contributed by atoms with Gasteiger partial charge in [0.1, 0.15) is 28.0 Å². The smallest absolute Gasteiger partial charge is 0.245 e. The SMILES string of the molecule is CCc1nc2c(-c3ccc(S(=O)O)c(S(=O)(=O)N(Cc4ccc(OC)cc4)Cc4ccc(OC)cc4)c3-c3nnn(Cc4ccc(OC)cc4)n3)cccc2[nH]1. The van der Waals surface area contributed by atoms with Crippen molar-refractivity contribution in [3.8, 4) is 39.8 Å². The van der Waals surface area contributed by atoms with Crippen LogP contribution in [-0.2, 0) is 47.2 Å². The molecule has 288 valence electrons. The highest BCUT2D eigenvalue weighted by Gasteiger charge is 2.36. The van der Waals surface area contributed by atoms with Crippen molar-refractivity contribution in [3.05, 3.63) is 126 Å². The number of nitrogens with zero attached hydrogens (tertiary/aromatic N) is 6. The van der Waals surface area contributed by atoms with Crippen molar-refractivity contribution in [2.24, 2.45) is 0 Å². The number of imidazole rings is 1. The predicted molar refractivity (Wildman–Crippen MR) is 211 cm³/mol. The van der Waals surface area contributed by atoms with E-state index in [0.717, 1.165) is 16.9 Å². The Kier molecular flexibility index (Phi) is 11.2. The maximum Gasteiger partial charge on any atom is 0.245 e. The van der Waals surface area contributed by atoms with Crippen molar-refractivity contribution < 1.29 is 31.4 Å². The summed E-state index contributed by atoms with van der Waals surface area (Å²) in [6, 6.07) is 29.9. The summed E-state index contributed by atoms with van der Waals surface area (Å²) in [6.45, 7) is 2.00. The molecule has 7 aromatic rings. The number of sulfonamides is 1. The molecule has 0 aliphatic carbocycles. The number of hydrogen-bond acceptors (Lipinski definition) is 10. The van der Waals surface area contributed by atoms with Crippen molar-refractivity contribution in [2.45, 2.75) is 42.8 Å². The summed E-state index contributed by atoms with van der Waals surface area (Å²) >= 11 is -2.76. The molecular weight excluding hydrogens is 755 g/mol. The van der Waals surface area contributed by atoms with E-state index in [1.807, 2.05) is 49.4 Å². The van der Waals surface area contributed by atoms with E-state index < -0.39 is 26.0 Å². The fraction of sp³-hybridized carbons (Fsp3) is 0.200. The van der Waals surface area contributed by atoms with Gasteiger partial charge < -0.3 is 23.7 Å². The van der Waals surface area contributed by atoms with E-state index >= 15 is 8.42 Å². The van der Waals surface area contributed by atoms with E-state index in [2.05, 4.69) is 20.4 Å². The quantitative estimate of drug-likeness (QED) is 0.109. The standard InChI is InChI=1S/C40H39N7O7S2/c1-5-36-41-34-8-6-7-33(38(34)42-36)32-21-22-35(55(48)49)39(37(32)40-43-45-47(44-40)25-28-13-19-31(54-4)20-14-28)56(50,51)46(23-26-9-15-29(52-2)16-10-26)24-27-11-17-30(53-3)18-12-27/h6-22H,5,23-25H2,1-4H3,(H,41,42)(H,48,49). The highest BCUT2D eigenvalue weighted by Crippen LogP contribution is 2.42. The number of rotatable bonds is 15. The largest absolute Gasteiger partial charge is 0.497 e. The van der Waals surface area contributed by atoms with Gasteiger partial charge in [-0.1, -0.05) is 61.5 Å². The van der Waals surface area contributed by atoms with Crippen LogP contribution in [0.15, 0.2) is 113 Å². The Labute approximate surface area is 326 Å². The topological polar surface area (TPSA) is 175 Å². The molecule has 1 unspecified atom stereocenters. The molecule has 16 heteroatoms. The number of aryl methyl sites for hydroxylation is 1. The molecule has 56 heavy (non-hydrogen) atoms. The zero-order valence-corrected chi connectivity index (χ0v) is 32.7. The average molecular weight is 794 g/mol. The summed E-state index contributed by atoms with van der Waals surface area (Å²) in [4.78, 5) is 8.72. The summed E-state index contributed by atoms with van der Waals surface area (Å²) in [5.74, 6) is 2.57. The number of tetrazole rings is 1. The molecule has 2 N–H and O–H groups in total. The van der Waals surface area contributed by atoms with Crippen LogP contribution in [0.25, 0.3) is 33.5 Å². The van der Waals surface area contributed by atoms with E-state index in [0.29, 0.717) is 51.4 Å². The number of ether oxygens (including phenoxy) is 3. The monoisotopic (exact) mass is 793 g/mol. The first-order valence-electron chi connectivity index (χ1n) is 17.5. The number of H-pyrrole nitrogens is 1. The normalized spacial score (nSPS) is 12.2. The maximum absolute atomic E-state index is 15.5. The summed E-state index contributed by atoms with van der Waals surface area (Å²) in [5, 5.41) is 13.4. The Morgan fingerprint density at radius 3 is 1.88 bits per heavy atom. The molecule has 0 saturated carbocycles. The van der Waals surface area contributed by atoms with Crippen molar-refractivity contribution in [2.75, 3.05) is 21.3 Å². The molecule has 5 aromatic carbocycles. The minimum absolute atomic E-state index is 0.00823. The summed E-state index contributed by atoms with van der Waals surface area (Å²) < 4.78 is 72.2. The van der Waals surface area contributed by atoms with Crippen LogP contribution >= 0.6 is 0 Å². The van der Waals surface area contributed by atoms with Crippen LogP contribution in [0.2, 0.25) is 0 Å². The number of benzene rings is 5. The molecule has 0 amide bonds. The molecule has 0 radical (unpaired) electrons. The van der Waals surface area contributed by atoms with Gasteiger partial charge in [-0.15, -0.1) is 10.2 Å². The Hall–Kier alpha value is -5.94. The van der Waals surface area contributed by atoms with Crippen LogP contribution in [0, 0.1) is 0 Å². The Morgan fingerprint density at radius 1 is 0.768 bits per heavy atom. The van der Waals surface area contributed by atoms with Crippen LogP contribution in [0.5, 0.6) is 17.2 Å². The first-order chi connectivity index (χ1) is 27.1. The predicted octanol–water partition coefficient (Wildman–Crippen LogP) is 6.49. The lowest BCUT2D eigenvalue weighted by Crippen LogP contribution is -2.31. The van der Waals surface area contributed by atoms with E-state index in [1.54, 1.807) is 75.9 Å². The first kappa shape index (κ1) is 38.3. The lowest BCUT2D eigenvalue weighted by Gasteiger charge is -2.25. The lowest BCUT2D eigenvalue weighted by molar-refractivity contribution is 0.396. The van der Waals surface area contributed by atoms with Gasteiger partial charge in [-0.3, -0.25) is 0 Å². The molecule has 2 aromatic heterocycles. The third-order valence-corrected chi connectivity index (χ3v) is 12.0. The molecule has 7 rings (SSSR count). The molecular formula is C40H39N7O7S2. The minimum Gasteiger partial charge on any atom is -0.497 e. The van der Waals surface area contributed by atoms with Crippen molar-refractivity contribution in [1.82, 2.24) is 34.5 Å². The van der Waals surface area contributed by atoms with Gasteiger partial charge in [0.15, 0.2) is 11.1 Å². The van der Waals surface area contributed by atoms with Crippen molar-refractivity contribution in [1.29, 1.82) is 0 Å². The van der Waals surface area contributed by atoms with Gasteiger partial charge in [0.05, 0.1) is 49.4 Å². The zero-order valence-electron chi connectivity index (χ0n) is 31.0. The van der Waals surface area contributed by atoms with Gasteiger partial charge in [0.25, 0.3) is 0 Å². The van der Waals surface area contributed by atoms with Crippen molar-refractivity contribution in [3.63, 3.8) is 0 Å². The average Bonchev–Trinajstić information content (AvgIpc) is 3.88. The number of aromatic amines is 1. The highest BCUT2D eigenvalue weighted by atomic mass is 32.2. The van der Waals surface area contributed by atoms with E-state index in [9.17, 15) is 8.76 Å². The molecule has 0 aliphatic rings. The number of nitrogens with one attached hydrogen (secondary N) is 1. The van der Waals surface area contributed by atoms with Gasteiger partial charge in [-0.05, 0) is 76.0 Å². The third-order valence-electron chi connectivity index (χ3n) is 9.29. The van der Waals surface area contributed by atoms with E-state index in [1.165, 1.54) is 15.2 Å². The Balaban J connectivity index is 1.46. The highest BCUT2D eigenvalue weighted by molar-refractivity contribution is 7.90. The summed E-state index contributed by atoms with van der Waals surface area (Å²) in [5.41, 5.74) is 4.44. The molecule has 0 bridgehead atoms.